The van der Waals surface area contributed by atoms with Crippen molar-refractivity contribution in [1.82, 2.24) is 9.55 Å². The fourth-order valence-electron chi connectivity index (χ4n) is 1.56. The highest BCUT2D eigenvalue weighted by Gasteiger charge is 2.07. The molecule has 1 aromatic heterocycles. The summed E-state index contributed by atoms with van der Waals surface area (Å²) < 4.78 is 1.22. The summed E-state index contributed by atoms with van der Waals surface area (Å²) in [7, 11) is 0. The fraction of sp³-hybridized carbons (Fsp3) is 0.154. The van der Waals surface area contributed by atoms with Gasteiger partial charge in [-0.1, -0.05) is 23.2 Å². The minimum atomic E-state index is -0.351. The number of hydrogen-bond donors (Lipinski definition) is 1. The molecule has 1 heterocycles. The van der Waals surface area contributed by atoms with Crippen molar-refractivity contribution >= 4 is 34.8 Å². The van der Waals surface area contributed by atoms with Crippen LogP contribution in [0.3, 0.4) is 0 Å². The number of anilines is 1. The van der Waals surface area contributed by atoms with Gasteiger partial charge in [-0.15, -0.1) is 0 Å². The molecule has 0 aliphatic carbocycles. The molecule has 0 fully saturated rings. The largest absolute Gasteiger partial charge is 0.324 e. The Balaban J connectivity index is 2.09. The first-order chi connectivity index (χ1) is 9.45. The molecule has 5 nitrogen and oxygen atoms in total. The molecule has 104 valence electrons. The van der Waals surface area contributed by atoms with Crippen LogP contribution in [-0.2, 0) is 11.3 Å². The number of nitrogens with zero attached hydrogens (tertiary/aromatic N) is 2. The second-order valence-electron chi connectivity index (χ2n) is 4.17. The predicted molar refractivity (Wildman–Crippen MR) is 78.3 cm³/mol. The molecule has 2 aromatic rings. The van der Waals surface area contributed by atoms with Gasteiger partial charge in [-0.3, -0.25) is 14.2 Å². The molecule has 0 bridgehead atoms. The summed E-state index contributed by atoms with van der Waals surface area (Å²) in [6, 6.07) is 6.12. The van der Waals surface area contributed by atoms with Crippen LogP contribution in [-0.4, -0.2) is 15.5 Å². The molecule has 2 rings (SSSR count). The molecule has 0 aliphatic rings. The average Bonchev–Trinajstić information content (AvgIpc) is 2.37. The molecule has 0 unspecified atom stereocenters. The molecule has 7 heteroatoms. The molecule has 0 spiro atoms. The number of halogens is 2. The van der Waals surface area contributed by atoms with E-state index in [1.165, 1.54) is 23.0 Å². The van der Waals surface area contributed by atoms with Crippen LogP contribution >= 0.6 is 23.2 Å². The molecular weight excluding hydrogens is 301 g/mol. The minimum Gasteiger partial charge on any atom is -0.324 e. The summed E-state index contributed by atoms with van der Waals surface area (Å²) in [4.78, 5) is 27.4. The second-order valence-corrected chi connectivity index (χ2v) is 4.99. The van der Waals surface area contributed by atoms with Crippen molar-refractivity contribution in [2.45, 2.75) is 13.5 Å². The SMILES string of the molecule is Cc1cc(=O)n(CC(=O)Nc2ccc(Cl)c(Cl)c2)cn1. The monoisotopic (exact) mass is 311 g/mol. The van der Waals surface area contributed by atoms with Gasteiger partial charge in [0.2, 0.25) is 5.91 Å². The van der Waals surface area contributed by atoms with Crippen LogP contribution < -0.4 is 10.9 Å². The Morgan fingerprint density at radius 3 is 2.70 bits per heavy atom. The molecule has 0 radical (unpaired) electrons. The lowest BCUT2D eigenvalue weighted by Gasteiger charge is -2.08. The summed E-state index contributed by atoms with van der Waals surface area (Å²) >= 11 is 11.6. The number of carbonyl (C=O) groups excluding carboxylic acids is 1. The zero-order chi connectivity index (χ0) is 14.7. The Morgan fingerprint density at radius 1 is 1.30 bits per heavy atom. The Kier molecular flexibility index (Phi) is 4.42. The first-order valence-corrected chi connectivity index (χ1v) is 6.49. The number of hydrogen-bond acceptors (Lipinski definition) is 3. The summed E-state index contributed by atoms with van der Waals surface area (Å²) in [6.07, 6.45) is 1.34. The van der Waals surface area contributed by atoms with Gasteiger partial charge in [-0.2, -0.15) is 0 Å². The molecule has 0 saturated heterocycles. The Hall–Kier alpha value is -1.85. The predicted octanol–water partition coefficient (Wildman–Crippen LogP) is 2.50. The van der Waals surface area contributed by atoms with Crippen LogP contribution in [0.4, 0.5) is 5.69 Å². The van der Waals surface area contributed by atoms with Gasteiger partial charge in [0.25, 0.3) is 5.56 Å². The summed E-state index contributed by atoms with van der Waals surface area (Å²) in [6.45, 7) is 1.59. The topological polar surface area (TPSA) is 64.0 Å². The van der Waals surface area contributed by atoms with Crippen molar-refractivity contribution in [1.29, 1.82) is 0 Å². The fourth-order valence-corrected chi connectivity index (χ4v) is 1.86. The highest BCUT2D eigenvalue weighted by molar-refractivity contribution is 6.42. The maximum atomic E-state index is 11.8. The van der Waals surface area contributed by atoms with Crippen LogP contribution in [0.5, 0.6) is 0 Å². The van der Waals surface area contributed by atoms with Gasteiger partial charge < -0.3 is 5.32 Å². The maximum absolute atomic E-state index is 11.8. The van der Waals surface area contributed by atoms with E-state index in [2.05, 4.69) is 10.3 Å². The summed E-state index contributed by atoms with van der Waals surface area (Å²) in [5.74, 6) is -0.351. The minimum absolute atomic E-state index is 0.119. The number of benzene rings is 1. The molecule has 1 N–H and O–H groups in total. The number of aryl methyl sites for hydroxylation is 1. The Labute approximate surface area is 125 Å². The van der Waals surface area contributed by atoms with E-state index < -0.39 is 0 Å². The quantitative estimate of drug-likeness (QED) is 0.947. The average molecular weight is 312 g/mol. The lowest BCUT2D eigenvalue weighted by molar-refractivity contribution is -0.116. The Bertz CT molecular complexity index is 713. The number of carbonyl (C=O) groups is 1. The smallest absolute Gasteiger partial charge is 0.253 e. The van der Waals surface area contributed by atoms with Gasteiger partial charge in [0.1, 0.15) is 6.54 Å². The highest BCUT2D eigenvalue weighted by Crippen LogP contribution is 2.24. The highest BCUT2D eigenvalue weighted by atomic mass is 35.5. The molecule has 0 aliphatic heterocycles. The normalized spacial score (nSPS) is 10.3. The van der Waals surface area contributed by atoms with E-state index in [0.29, 0.717) is 21.4 Å². The van der Waals surface area contributed by atoms with Crippen molar-refractivity contribution < 1.29 is 4.79 Å². The van der Waals surface area contributed by atoms with E-state index >= 15 is 0 Å². The molecular formula is C13H11Cl2N3O2. The number of nitrogens with one attached hydrogen (secondary N) is 1. The lowest BCUT2D eigenvalue weighted by Crippen LogP contribution is -2.27. The standard InChI is InChI=1S/C13H11Cl2N3O2/c1-8-4-13(20)18(7-16-8)6-12(19)17-9-2-3-10(14)11(15)5-9/h2-5,7H,6H2,1H3,(H,17,19). The zero-order valence-corrected chi connectivity index (χ0v) is 12.1. The second kappa shape index (κ2) is 6.07. The first-order valence-electron chi connectivity index (χ1n) is 5.73. The van der Waals surface area contributed by atoms with Gasteiger partial charge in [0.15, 0.2) is 0 Å². The maximum Gasteiger partial charge on any atom is 0.253 e. The molecule has 1 amide bonds. The summed E-state index contributed by atoms with van der Waals surface area (Å²) in [5.41, 5.74) is 0.843. The van der Waals surface area contributed by atoms with Crippen LogP contribution in [0.25, 0.3) is 0 Å². The molecule has 0 saturated carbocycles. The van der Waals surface area contributed by atoms with Gasteiger partial charge in [0, 0.05) is 17.4 Å². The van der Waals surface area contributed by atoms with E-state index in [0.717, 1.165) is 0 Å². The van der Waals surface area contributed by atoms with E-state index in [4.69, 9.17) is 23.2 Å². The van der Waals surface area contributed by atoms with Crippen molar-refractivity contribution in [3.8, 4) is 0 Å². The number of aromatic nitrogens is 2. The van der Waals surface area contributed by atoms with Crippen molar-refractivity contribution in [2.24, 2.45) is 0 Å². The first kappa shape index (κ1) is 14.6. The molecule has 0 atom stereocenters. The molecule has 20 heavy (non-hydrogen) atoms. The lowest BCUT2D eigenvalue weighted by atomic mass is 10.3. The third-order valence-corrected chi connectivity index (χ3v) is 3.27. The van der Waals surface area contributed by atoms with E-state index in [1.807, 2.05) is 0 Å². The molecule has 1 aromatic carbocycles. The van der Waals surface area contributed by atoms with Crippen LogP contribution in [0, 0.1) is 6.92 Å². The van der Waals surface area contributed by atoms with Crippen molar-refractivity contribution in [2.75, 3.05) is 5.32 Å². The van der Waals surface area contributed by atoms with Gasteiger partial charge >= 0.3 is 0 Å². The van der Waals surface area contributed by atoms with Gasteiger partial charge in [-0.25, -0.2) is 4.98 Å². The zero-order valence-electron chi connectivity index (χ0n) is 10.6. The van der Waals surface area contributed by atoms with Crippen LogP contribution in [0.2, 0.25) is 10.0 Å². The number of amides is 1. The van der Waals surface area contributed by atoms with E-state index in [1.54, 1.807) is 19.1 Å². The van der Waals surface area contributed by atoms with E-state index in [9.17, 15) is 9.59 Å². The summed E-state index contributed by atoms with van der Waals surface area (Å²) in [5, 5.41) is 3.38. The van der Waals surface area contributed by atoms with Crippen LogP contribution in [0.15, 0.2) is 35.4 Å². The van der Waals surface area contributed by atoms with Gasteiger partial charge in [0.05, 0.1) is 16.4 Å². The third kappa shape index (κ3) is 3.59. The van der Waals surface area contributed by atoms with Crippen LogP contribution in [0.1, 0.15) is 5.69 Å². The third-order valence-electron chi connectivity index (χ3n) is 2.53. The Morgan fingerprint density at radius 2 is 2.05 bits per heavy atom. The van der Waals surface area contributed by atoms with E-state index in [-0.39, 0.29) is 18.0 Å². The number of rotatable bonds is 3. The van der Waals surface area contributed by atoms with Crippen molar-refractivity contribution in [3.63, 3.8) is 0 Å². The van der Waals surface area contributed by atoms with Crippen molar-refractivity contribution in [3.05, 3.63) is 56.7 Å². The van der Waals surface area contributed by atoms with Gasteiger partial charge in [-0.05, 0) is 25.1 Å².